The Kier molecular flexibility index (Phi) is 3.13. The summed E-state index contributed by atoms with van der Waals surface area (Å²) in [7, 11) is 0. The fourth-order valence-corrected chi connectivity index (χ4v) is 0.471. The molecule has 0 saturated carbocycles. The van der Waals surface area contributed by atoms with Crippen molar-refractivity contribution in [1.82, 2.24) is 0 Å². The summed E-state index contributed by atoms with van der Waals surface area (Å²) in [5, 5.41) is 10.2. The number of rotatable bonds is 2. The number of hydrogen-bond donors (Lipinski definition) is 1. The zero-order chi connectivity index (χ0) is 5.86. The maximum atomic E-state index is 8.78. The molecule has 42 valence electrons. The molecular weight excluding hydrogens is 108 g/mol. The van der Waals surface area contributed by atoms with Crippen molar-refractivity contribution in [2.75, 3.05) is 0 Å². The van der Waals surface area contributed by atoms with Crippen LogP contribution in [0.1, 0.15) is 13.8 Å². The van der Waals surface area contributed by atoms with Crippen LogP contribution in [0.15, 0.2) is 0 Å². The van der Waals surface area contributed by atoms with Gasteiger partial charge in [0.25, 0.3) is 0 Å². The molecule has 0 saturated heterocycles. The molecule has 0 aliphatic rings. The fraction of sp³-hybridized carbons (Fsp3) is 0.800. The Morgan fingerprint density at radius 1 is 1.57 bits per heavy atom. The number of thiocarbonyl (C=S) groups is 1. The minimum Gasteiger partial charge on any atom is -0.388 e. The van der Waals surface area contributed by atoms with Gasteiger partial charge >= 0.3 is 0 Å². The number of hydrogen-bond acceptors (Lipinski definition) is 2. The van der Waals surface area contributed by atoms with Crippen molar-refractivity contribution in [2.45, 2.75) is 20.0 Å². The van der Waals surface area contributed by atoms with E-state index in [2.05, 4.69) is 12.2 Å². The largest absolute Gasteiger partial charge is 0.388 e. The molecular formula is C5H10OS. The van der Waals surface area contributed by atoms with Crippen LogP contribution < -0.4 is 0 Å². The van der Waals surface area contributed by atoms with Gasteiger partial charge in [0.2, 0.25) is 0 Å². The van der Waals surface area contributed by atoms with Gasteiger partial charge in [0.1, 0.15) is 0 Å². The molecule has 1 atom stereocenters. The first-order chi connectivity index (χ1) is 3.18. The maximum absolute atomic E-state index is 8.78. The monoisotopic (exact) mass is 118 g/mol. The van der Waals surface area contributed by atoms with Gasteiger partial charge in [-0.2, -0.15) is 0 Å². The summed E-state index contributed by atoms with van der Waals surface area (Å²) in [4.78, 5) is 0. The average molecular weight is 118 g/mol. The standard InChI is InChI=1S/C5H10OS/c1-4(2)5(6)3-7/h3-6H,1-2H3. The van der Waals surface area contributed by atoms with Crippen molar-refractivity contribution in [2.24, 2.45) is 5.92 Å². The van der Waals surface area contributed by atoms with Crippen molar-refractivity contribution < 1.29 is 5.11 Å². The van der Waals surface area contributed by atoms with Crippen molar-refractivity contribution >= 4 is 17.6 Å². The number of aliphatic hydroxyl groups excluding tert-OH is 1. The van der Waals surface area contributed by atoms with Gasteiger partial charge in [-0.05, 0) is 5.92 Å². The predicted molar refractivity (Wildman–Crippen MR) is 34.5 cm³/mol. The summed E-state index contributed by atoms with van der Waals surface area (Å²) in [5.41, 5.74) is 0. The summed E-state index contributed by atoms with van der Waals surface area (Å²) in [6, 6.07) is 0. The Balaban J connectivity index is 3.33. The first-order valence-corrected chi connectivity index (χ1v) is 2.79. The van der Waals surface area contributed by atoms with Crippen LogP contribution in [0.5, 0.6) is 0 Å². The molecule has 0 amide bonds. The average Bonchev–Trinajstić information content (AvgIpc) is 1.65. The molecule has 0 fully saturated rings. The molecule has 0 spiro atoms. The van der Waals surface area contributed by atoms with Gasteiger partial charge in [-0.15, -0.1) is 0 Å². The predicted octanol–water partition coefficient (Wildman–Crippen LogP) is 1.00. The van der Waals surface area contributed by atoms with Crippen LogP contribution in [0, 0.1) is 5.92 Å². The van der Waals surface area contributed by atoms with E-state index in [1.54, 1.807) is 0 Å². The molecule has 0 rings (SSSR count). The highest BCUT2D eigenvalue weighted by Crippen LogP contribution is 1.96. The summed E-state index contributed by atoms with van der Waals surface area (Å²) in [6.45, 7) is 3.85. The lowest BCUT2D eigenvalue weighted by molar-refractivity contribution is 0.197. The van der Waals surface area contributed by atoms with Crippen LogP contribution in [0.3, 0.4) is 0 Å². The first-order valence-electron chi connectivity index (χ1n) is 2.32. The molecule has 0 aromatic rings. The molecule has 0 aliphatic carbocycles. The van der Waals surface area contributed by atoms with Gasteiger partial charge in [-0.1, -0.05) is 26.1 Å². The van der Waals surface area contributed by atoms with Gasteiger partial charge in [-0.25, -0.2) is 0 Å². The molecule has 0 aromatic carbocycles. The third-order valence-corrected chi connectivity index (χ3v) is 1.10. The summed E-state index contributed by atoms with van der Waals surface area (Å²) < 4.78 is 0. The first kappa shape index (κ1) is 7.05. The van der Waals surface area contributed by atoms with E-state index in [0.29, 0.717) is 0 Å². The Morgan fingerprint density at radius 3 is 2.00 bits per heavy atom. The van der Waals surface area contributed by atoms with Crippen molar-refractivity contribution in [3.05, 3.63) is 0 Å². The van der Waals surface area contributed by atoms with Crippen LogP contribution in [0.25, 0.3) is 0 Å². The Hall–Kier alpha value is 0.0500. The molecule has 0 aliphatic heterocycles. The van der Waals surface area contributed by atoms with Crippen molar-refractivity contribution in [3.8, 4) is 0 Å². The lowest BCUT2D eigenvalue weighted by Crippen LogP contribution is -2.14. The zero-order valence-electron chi connectivity index (χ0n) is 4.59. The van der Waals surface area contributed by atoms with E-state index < -0.39 is 6.10 Å². The highest BCUT2D eigenvalue weighted by Gasteiger charge is 2.01. The van der Waals surface area contributed by atoms with E-state index >= 15 is 0 Å². The van der Waals surface area contributed by atoms with Crippen LogP contribution in [0.4, 0.5) is 0 Å². The van der Waals surface area contributed by atoms with Crippen molar-refractivity contribution in [3.63, 3.8) is 0 Å². The van der Waals surface area contributed by atoms with Crippen molar-refractivity contribution in [1.29, 1.82) is 0 Å². The molecule has 0 radical (unpaired) electrons. The lowest BCUT2D eigenvalue weighted by Gasteiger charge is -2.05. The van der Waals surface area contributed by atoms with Crippen LogP contribution in [-0.4, -0.2) is 16.6 Å². The van der Waals surface area contributed by atoms with Gasteiger partial charge < -0.3 is 5.11 Å². The minimum absolute atomic E-state index is 0.262. The van der Waals surface area contributed by atoms with E-state index in [9.17, 15) is 0 Å². The Bertz CT molecular complexity index is 61.1. The second kappa shape index (κ2) is 3.10. The van der Waals surface area contributed by atoms with E-state index in [1.807, 2.05) is 13.8 Å². The molecule has 0 aromatic heterocycles. The molecule has 2 heteroatoms. The summed E-state index contributed by atoms with van der Waals surface area (Å²) in [6.07, 6.45) is -0.407. The Labute approximate surface area is 49.4 Å². The quantitative estimate of drug-likeness (QED) is 0.546. The lowest BCUT2D eigenvalue weighted by atomic mass is 10.1. The zero-order valence-corrected chi connectivity index (χ0v) is 5.40. The highest BCUT2D eigenvalue weighted by atomic mass is 32.1. The minimum atomic E-state index is -0.407. The molecule has 1 N–H and O–H groups in total. The molecule has 0 heterocycles. The molecule has 1 unspecified atom stereocenters. The van der Waals surface area contributed by atoms with E-state index in [0.717, 1.165) is 0 Å². The highest BCUT2D eigenvalue weighted by molar-refractivity contribution is 7.79. The molecule has 1 nitrogen and oxygen atoms in total. The smallest absolute Gasteiger partial charge is 0.0845 e. The molecule has 7 heavy (non-hydrogen) atoms. The topological polar surface area (TPSA) is 20.2 Å². The third-order valence-electron chi connectivity index (χ3n) is 0.822. The second-order valence-electron chi connectivity index (χ2n) is 1.87. The summed E-state index contributed by atoms with van der Waals surface area (Å²) in [5.74, 6) is 0.262. The molecule has 0 bridgehead atoms. The van der Waals surface area contributed by atoms with E-state index in [4.69, 9.17) is 5.11 Å². The second-order valence-corrected chi connectivity index (χ2v) is 2.14. The van der Waals surface area contributed by atoms with Gasteiger partial charge in [-0.3, -0.25) is 0 Å². The maximum Gasteiger partial charge on any atom is 0.0845 e. The third kappa shape index (κ3) is 2.71. The summed E-state index contributed by atoms with van der Waals surface area (Å²) >= 11 is 4.48. The normalized spacial score (nSPS) is 14.3. The van der Waals surface area contributed by atoms with Crippen LogP contribution in [-0.2, 0) is 0 Å². The Morgan fingerprint density at radius 2 is 2.00 bits per heavy atom. The van der Waals surface area contributed by atoms with Gasteiger partial charge in [0, 0.05) is 5.37 Å². The van der Waals surface area contributed by atoms with Crippen LogP contribution >= 0.6 is 12.2 Å². The fourth-order valence-electron chi connectivity index (χ4n) is 0.157. The van der Waals surface area contributed by atoms with Gasteiger partial charge in [0.15, 0.2) is 0 Å². The van der Waals surface area contributed by atoms with Crippen LogP contribution in [0.2, 0.25) is 0 Å². The SMILES string of the molecule is CC(C)C(O)C=S. The van der Waals surface area contributed by atoms with Gasteiger partial charge in [0.05, 0.1) is 6.10 Å². The van der Waals surface area contributed by atoms with E-state index in [1.165, 1.54) is 5.37 Å². The van der Waals surface area contributed by atoms with E-state index in [-0.39, 0.29) is 5.92 Å². The number of aliphatic hydroxyl groups is 1.